The predicted octanol–water partition coefficient (Wildman–Crippen LogP) is 2.66. The molecule has 8 heteroatoms. The van der Waals surface area contributed by atoms with Crippen LogP contribution in [-0.2, 0) is 15.0 Å². The van der Waals surface area contributed by atoms with E-state index in [0.29, 0.717) is 6.54 Å². The summed E-state index contributed by atoms with van der Waals surface area (Å²) in [5, 5.41) is 14.3. The number of hydrogen-bond donors (Lipinski definition) is 1. The first-order chi connectivity index (χ1) is 11.8. The fraction of sp³-hybridized carbons (Fsp3) is 0.778. The Morgan fingerprint density at radius 1 is 1.23 bits per heavy atom. The van der Waals surface area contributed by atoms with Gasteiger partial charge in [-0.15, -0.1) is 0 Å². The third-order valence-corrected chi connectivity index (χ3v) is 6.29. The van der Waals surface area contributed by atoms with Gasteiger partial charge in [0.15, 0.2) is 0 Å². The maximum absolute atomic E-state index is 11.9. The zero-order valence-electron chi connectivity index (χ0n) is 16.9. The molecule has 1 aromatic rings. The van der Waals surface area contributed by atoms with Crippen LogP contribution in [0.3, 0.4) is 0 Å². The zero-order valence-corrected chi connectivity index (χ0v) is 16.9. The Labute approximate surface area is 155 Å². The summed E-state index contributed by atoms with van der Waals surface area (Å²) in [5.41, 5.74) is -1.09. The first-order valence-corrected chi connectivity index (χ1v) is 9.23. The Kier molecular flexibility index (Phi) is 4.24. The topological polar surface area (TPSA) is 76.8 Å². The fourth-order valence-electron chi connectivity index (χ4n) is 4.06. The monoisotopic (exact) mass is 363 g/mol. The van der Waals surface area contributed by atoms with Crippen molar-refractivity contribution >= 4 is 18.7 Å². The maximum atomic E-state index is 11.9. The lowest BCUT2D eigenvalue weighted by Gasteiger charge is -2.47. The second-order valence-corrected chi connectivity index (χ2v) is 9.41. The average Bonchev–Trinajstić information content (AvgIpc) is 3.15. The summed E-state index contributed by atoms with van der Waals surface area (Å²) >= 11 is 0. The highest BCUT2D eigenvalue weighted by Gasteiger charge is 2.56. The van der Waals surface area contributed by atoms with E-state index in [2.05, 4.69) is 25.9 Å². The minimum absolute atomic E-state index is 0.318. The van der Waals surface area contributed by atoms with Crippen molar-refractivity contribution in [3.05, 3.63) is 12.4 Å². The van der Waals surface area contributed by atoms with Crippen LogP contribution in [0.2, 0.25) is 0 Å². The first kappa shape index (κ1) is 19.2. The van der Waals surface area contributed by atoms with Crippen molar-refractivity contribution in [2.45, 2.75) is 78.2 Å². The largest absolute Gasteiger partial charge is 0.498 e. The summed E-state index contributed by atoms with van der Waals surface area (Å²) in [5.74, 6) is 0. The van der Waals surface area contributed by atoms with Gasteiger partial charge < -0.3 is 14.4 Å². The molecule has 0 saturated carbocycles. The van der Waals surface area contributed by atoms with Crippen LogP contribution in [0.15, 0.2) is 12.4 Å². The van der Waals surface area contributed by atoms with Crippen LogP contribution >= 0.6 is 0 Å². The summed E-state index contributed by atoms with van der Waals surface area (Å²) in [6.07, 6.45) is 4.25. The van der Waals surface area contributed by atoms with E-state index in [1.54, 1.807) is 10.9 Å². The molecule has 2 saturated heterocycles. The number of carbonyl (C=O) groups is 1. The van der Waals surface area contributed by atoms with Crippen molar-refractivity contribution in [3.8, 4) is 0 Å². The first-order valence-electron chi connectivity index (χ1n) is 9.23. The Hall–Kier alpha value is -1.54. The SMILES string of the molecule is CC(C)(C)C1(n2cc(B3OC(C)(C)C(C)(C)O3)cn2)CCCN1C(=O)O. The molecule has 2 fully saturated rings. The van der Waals surface area contributed by atoms with E-state index in [4.69, 9.17) is 9.31 Å². The van der Waals surface area contributed by atoms with Crippen LogP contribution in [0.4, 0.5) is 4.79 Å². The van der Waals surface area contributed by atoms with Gasteiger partial charge in [-0.1, -0.05) is 20.8 Å². The molecule has 0 aliphatic carbocycles. The van der Waals surface area contributed by atoms with Crippen molar-refractivity contribution in [2.24, 2.45) is 5.41 Å². The molecule has 144 valence electrons. The van der Waals surface area contributed by atoms with Crippen LogP contribution in [0.5, 0.6) is 0 Å². The van der Waals surface area contributed by atoms with Gasteiger partial charge in [-0.2, -0.15) is 5.10 Å². The zero-order chi connectivity index (χ0) is 19.5. The molecule has 1 amide bonds. The number of amides is 1. The van der Waals surface area contributed by atoms with Crippen LogP contribution < -0.4 is 5.46 Å². The average molecular weight is 363 g/mol. The van der Waals surface area contributed by atoms with Crippen molar-refractivity contribution < 1.29 is 19.2 Å². The second kappa shape index (κ2) is 5.73. The van der Waals surface area contributed by atoms with E-state index in [9.17, 15) is 9.90 Å². The smallest absolute Gasteiger partial charge is 0.465 e. The summed E-state index contributed by atoms with van der Waals surface area (Å²) in [6.45, 7) is 14.7. The van der Waals surface area contributed by atoms with Crippen molar-refractivity contribution in [2.75, 3.05) is 6.54 Å². The highest BCUT2D eigenvalue weighted by molar-refractivity contribution is 6.62. The lowest BCUT2D eigenvalue weighted by atomic mass is 9.78. The number of carboxylic acid groups (broad SMARTS) is 1. The molecule has 3 rings (SSSR count). The summed E-state index contributed by atoms with van der Waals surface area (Å²) in [4.78, 5) is 13.4. The molecule has 2 aliphatic heterocycles. The van der Waals surface area contributed by atoms with E-state index in [1.807, 2.05) is 33.9 Å². The van der Waals surface area contributed by atoms with E-state index >= 15 is 0 Å². The van der Waals surface area contributed by atoms with Gasteiger partial charge >= 0.3 is 13.2 Å². The van der Waals surface area contributed by atoms with Gasteiger partial charge in [-0.05, 0) is 40.5 Å². The van der Waals surface area contributed by atoms with E-state index in [-0.39, 0.29) is 5.41 Å². The lowest BCUT2D eigenvalue weighted by molar-refractivity contribution is -0.0397. The number of nitrogens with zero attached hydrogens (tertiary/aromatic N) is 3. The van der Waals surface area contributed by atoms with Gasteiger partial charge in [0.05, 0.1) is 11.2 Å². The minimum Gasteiger partial charge on any atom is -0.465 e. The normalized spacial score (nSPS) is 28.0. The van der Waals surface area contributed by atoms with Crippen LogP contribution in [-0.4, -0.2) is 50.7 Å². The van der Waals surface area contributed by atoms with E-state index < -0.39 is 30.1 Å². The highest BCUT2D eigenvalue weighted by atomic mass is 16.7. The van der Waals surface area contributed by atoms with E-state index in [0.717, 1.165) is 18.3 Å². The molecule has 0 radical (unpaired) electrons. The fourth-order valence-corrected chi connectivity index (χ4v) is 4.06. The Bertz CT molecular complexity index is 694. The minimum atomic E-state index is -0.912. The number of aromatic nitrogens is 2. The summed E-state index contributed by atoms with van der Waals surface area (Å²) < 4.78 is 14.0. The number of rotatable bonds is 2. The molecule has 7 nitrogen and oxygen atoms in total. The van der Waals surface area contributed by atoms with Crippen LogP contribution in [0, 0.1) is 5.41 Å². The molecular weight excluding hydrogens is 333 g/mol. The lowest BCUT2D eigenvalue weighted by Crippen LogP contribution is -2.57. The third kappa shape index (κ3) is 2.65. The standard InChI is InChI=1S/C18H30BN3O4/c1-15(2,3)18(9-8-10-21(18)14(23)24)22-12-13(11-20-22)19-25-16(4,5)17(6,7)26-19/h11-12H,8-10H2,1-7H3,(H,23,24). The second-order valence-electron chi connectivity index (χ2n) is 9.41. The molecular formula is C18H30BN3O4. The van der Waals surface area contributed by atoms with Gasteiger partial charge in [0.25, 0.3) is 0 Å². The number of hydrogen-bond acceptors (Lipinski definition) is 4. The Balaban J connectivity index is 1.99. The molecule has 0 aromatic carbocycles. The third-order valence-electron chi connectivity index (χ3n) is 6.29. The molecule has 26 heavy (non-hydrogen) atoms. The van der Waals surface area contributed by atoms with Gasteiger partial charge in [0.1, 0.15) is 5.66 Å². The highest BCUT2D eigenvalue weighted by Crippen LogP contribution is 2.47. The molecule has 1 aromatic heterocycles. The molecule has 2 aliphatic rings. The summed E-state index contributed by atoms with van der Waals surface area (Å²) in [6, 6.07) is 0. The predicted molar refractivity (Wildman–Crippen MR) is 99.3 cm³/mol. The van der Waals surface area contributed by atoms with Crippen molar-refractivity contribution in [1.82, 2.24) is 14.7 Å². The van der Waals surface area contributed by atoms with Crippen molar-refractivity contribution in [3.63, 3.8) is 0 Å². The molecule has 1 atom stereocenters. The van der Waals surface area contributed by atoms with Crippen LogP contribution in [0.25, 0.3) is 0 Å². The molecule has 3 heterocycles. The van der Waals surface area contributed by atoms with Crippen LogP contribution in [0.1, 0.15) is 61.3 Å². The van der Waals surface area contributed by atoms with Gasteiger partial charge in [0.2, 0.25) is 0 Å². The maximum Gasteiger partial charge on any atom is 0.498 e. The quantitative estimate of drug-likeness (QED) is 0.818. The molecule has 1 N–H and O–H groups in total. The van der Waals surface area contributed by atoms with Gasteiger partial charge in [-0.3, -0.25) is 4.90 Å². The Morgan fingerprint density at radius 3 is 2.31 bits per heavy atom. The molecule has 0 spiro atoms. The van der Waals surface area contributed by atoms with Gasteiger partial charge in [0, 0.05) is 29.8 Å². The van der Waals surface area contributed by atoms with Gasteiger partial charge in [-0.25, -0.2) is 9.48 Å². The number of likely N-dealkylation sites (tertiary alicyclic amines) is 1. The molecule has 0 bridgehead atoms. The summed E-state index contributed by atoms with van der Waals surface area (Å²) in [7, 11) is -0.509. The van der Waals surface area contributed by atoms with E-state index in [1.165, 1.54) is 4.90 Å². The Morgan fingerprint density at radius 2 is 1.81 bits per heavy atom. The van der Waals surface area contributed by atoms with Crippen molar-refractivity contribution in [1.29, 1.82) is 0 Å². The molecule has 1 unspecified atom stereocenters.